The highest BCUT2D eigenvalue weighted by atomic mass is 19.1. The molecule has 3 N–H and O–H groups in total. The van der Waals surface area contributed by atoms with Crippen LogP contribution in [0.25, 0.3) is 22.3 Å². The van der Waals surface area contributed by atoms with Crippen LogP contribution in [0, 0.1) is 11.2 Å². The molecule has 7 nitrogen and oxygen atoms in total. The van der Waals surface area contributed by atoms with Crippen molar-refractivity contribution < 1.29 is 19.3 Å². The molecule has 8 heteroatoms. The largest absolute Gasteiger partial charge is 0.507 e. The minimum Gasteiger partial charge on any atom is -0.507 e. The SMILES string of the molecule is CC(C)(C)COC(O)N[C@@H]1CCN(c2nc(-c3ccccc3O)nc3ccc(F)cc23)C1. The van der Waals surface area contributed by atoms with Crippen LogP contribution in [0.15, 0.2) is 42.5 Å². The van der Waals surface area contributed by atoms with Crippen molar-refractivity contribution in [3.8, 4) is 17.1 Å². The maximum absolute atomic E-state index is 14.0. The summed E-state index contributed by atoms with van der Waals surface area (Å²) in [7, 11) is 0. The Kier molecular flexibility index (Phi) is 6.28. The summed E-state index contributed by atoms with van der Waals surface area (Å²) >= 11 is 0. The molecule has 2 heterocycles. The van der Waals surface area contributed by atoms with E-state index in [1.165, 1.54) is 12.1 Å². The average molecular weight is 441 g/mol. The summed E-state index contributed by atoms with van der Waals surface area (Å²) in [6.45, 7) is 7.79. The first kappa shape index (κ1) is 22.4. The van der Waals surface area contributed by atoms with E-state index in [0.29, 0.717) is 47.8 Å². The van der Waals surface area contributed by atoms with E-state index in [-0.39, 0.29) is 23.0 Å². The van der Waals surface area contributed by atoms with E-state index in [9.17, 15) is 14.6 Å². The second kappa shape index (κ2) is 8.97. The van der Waals surface area contributed by atoms with Gasteiger partial charge in [-0.15, -0.1) is 0 Å². The van der Waals surface area contributed by atoms with E-state index in [1.54, 1.807) is 24.3 Å². The van der Waals surface area contributed by atoms with Gasteiger partial charge in [-0.05, 0) is 42.2 Å². The third kappa shape index (κ3) is 5.15. The molecule has 2 atom stereocenters. The summed E-state index contributed by atoms with van der Waals surface area (Å²) in [5.41, 5.74) is 1.06. The standard InChI is InChI=1S/C24H29FN4O3/c1-24(2,3)14-32-23(31)26-16-10-11-29(13-16)22-18-12-15(25)8-9-19(18)27-21(28-22)17-6-4-5-7-20(17)30/h4-9,12,16,23,26,30-31H,10-11,13-14H2,1-3H3/t16-,23?/m1/s1. The molecule has 32 heavy (non-hydrogen) atoms. The van der Waals surface area contributed by atoms with Crippen molar-refractivity contribution >= 4 is 16.7 Å². The number of aromatic hydroxyl groups is 1. The van der Waals surface area contributed by atoms with Crippen LogP contribution in [-0.4, -0.2) is 52.3 Å². The number of ether oxygens (including phenoxy) is 1. The lowest BCUT2D eigenvalue weighted by Gasteiger charge is -2.24. The van der Waals surface area contributed by atoms with Crippen molar-refractivity contribution in [1.82, 2.24) is 15.3 Å². The van der Waals surface area contributed by atoms with Gasteiger partial charge >= 0.3 is 0 Å². The molecule has 4 rings (SSSR count). The number of aliphatic hydroxyl groups excluding tert-OH is 1. The summed E-state index contributed by atoms with van der Waals surface area (Å²) in [5.74, 6) is 0.696. The van der Waals surface area contributed by atoms with Crippen LogP contribution in [0.1, 0.15) is 27.2 Å². The number of fused-ring (bicyclic) bond motifs is 1. The highest BCUT2D eigenvalue weighted by Crippen LogP contribution is 2.33. The molecule has 1 saturated heterocycles. The molecule has 0 bridgehead atoms. The molecule has 170 valence electrons. The van der Waals surface area contributed by atoms with Crippen molar-refractivity contribution in [3.63, 3.8) is 0 Å². The smallest absolute Gasteiger partial charge is 0.213 e. The van der Waals surface area contributed by atoms with E-state index in [2.05, 4.69) is 10.3 Å². The molecule has 0 radical (unpaired) electrons. The van der Waals surface area contributed by atoms with Gasteiger partial charge in [0.05, 0.1) is 17.7 Å². The Balaban J connectivity index is 1.59. The first-order valence-electron chi connectivity index (χ1n) is 10.8. The lowest BCUT2D eigenvalue weighted by Crippen LogP contribution is -2.42. The van der Waals surface area contributed by atoms with Gasteiger partial charge in [-0.25, -0.2) is 14.4 Å². The maximum Gasteiger partial charge on any atom is 0.213 e. The molecule has 1 aliphatic rings. The summed E-state index contributed by atoms with van der Waals surface area (Å²) in [6.07, 6.45) is -0.293. The minimum atomic E-state index is -1.06. The molecule has 1 aliphatic heterocycles. The van der Waals surface area contributed by atoms with Crippen molar-refractivity contribution in [2.75, 3.05) is 24.6 Å². The number of aromatic nitrogens is 2. The fraction of sp³-hybridized carbons (Fsp3) is 0.417. The fourth-order valence-corrected chi connectivity index (χ4v) is 3.78. The lowest BCUT2D eigenvalue weighted by molar-refractivity contribution is -0.141. The van der Waals surface area contributed by atoms with Crippen molar-refractivity contribution in [3.05, 3.63) is 48.3 Å². The Morgan fingerprint density at radius 1 is 1.22 bits per heavy atom. The number of hydrogen-bond acceptors (Lipinski definition) is 7. The van der Waals surface area contributed by atoms with Crippen LogP contribution >= 0.6 is 0 Å². The molecule has 0 amide bonds. The molecule has 1 fully saturated rings. The number of nitrogens with zero attached hydrogens (tertiary/aromatic N) is 3. The Bertz CT molecular complexity index is 1100. The van der Waals surface area contributed by atoms with Crippen LogP contribution < -0.4 is 10.2 Å². The highest BCUT2D eigenvalue weighted by molar-refractivity contribution is 5.91. The first-order chi connectivity index (χ1) is 15.2. The second-order valence-electron chi connectivity index (χ2n) is 9.37. The zero-order valence-electron chi connectivity index (χ0n) is 18.5. The zero-order valence-corrected chi connectivity index (χ0v) is 18.5. The van der Waals surface area contributed by atoms with Crippen LogP contribution in [0.4, 0.5) is 10.2 Å². The zero-order chi connectivity index (χ0) is 22.9. The number of halogens is 1. The third-order valence-electron chi connectivity index (χ3n) is 5.32. The molecule has 0 aliphatic carbocycles. The van der Waals surface area contributed by atoms with Gasteiger partial charge in [-0.2, -0.15) is 0 Å². The van der Waals surface area contributed by atoms with E-state index < -0.39 is 6.41 Å². The van der Waals surface area contributed by atoms with Crippen LogP contribution in [0.2, 0.25) is 0 Å². The number of nitrogens with one attached hydrogen (secondary N) is 1. The molecular formula is C24H29FN4O3. The third-order valence-corrected chi connectivity index (χ3v) is 5.32. The summed E-state index contributed by atoms with van der Waals surface area (Å²) in [4.78, 5) is 11.3. The predicted molar refractivity (Wildman–Crippen MR) is 122 cm³/mol. The maximum atomic E-state index is 14.0. The number of hydrogen-bond donors (Lipinski definition) is 3. The number of anilines is 1. The van der Waals surface area contributed by atoms with E-state index in [1.807, 2.05) is 31.7 Å². The molecule has 2 aromatic carbocycles. The van der Waals surface area contributed by atoms with Crippen molar-refractivity contribution in [1.29, 1.82) is 0 Å². The topological polar surface area (TPSA) is 90.7 Å². The summed E-state index contributed by atoms with van der Waals surface area (Å²) in [5, 5.41) is 24.2. The van der Waals surface area contributed by atoms with Crippen LogP contribution in [0.5, 0.6) is 5.75 Å². The highest BCUT2D eigenvalue weighted by Gasteiger charge is 2.28. The van der Waals surface area contributed by atoms with Crippen LogP contribution in [0.3, 0.4) is 0 Å². The predicted octanol–water partition coefficient (Wildman–Crippen LogP) is 3.65. The monoisotopic (exact) mass is 440 g/mol. The van der Waals surface area contributed by atoms with E-state index in [4.69, 9.17) is 9.72 Å². The number of aliphatic hydroxyl groups is 1. The number of para-hydroxylation sites is 1. The van der Waals surface area contributed by atoms with Crippen molar-refractivity contribution in [2.45, 2.75) is 39.6 Å². The second-order valence-corrected chi connectivity index (χ2v) is 9.37. The van der Waals surface area contributed by atoms with Crippen LogP contribution in [-0.2, 0) is 4.74 Å². The Morgan fingerprint density at radius 2 is 2.00 bits per heavy atom. The van der Waals surface area contributed by atoms with Gasteiger partial charge in [0, 0.05) is 24.5 Å². The van der Waals surface area contributed by atoms with Gasteiger partial charge in [-0.3, -0.25) is 5.32 Å². The molecule has 1 unspecified atom stereocenters. The first-order valence-corrected chi connectivity index (χ1v) is 10.8. The molecule has 3 aromatic rings. The lowest BCUT2D eigenvalue weighted by atomic mass is 9.99. The van der Waals surface area contributed by atoms with Gasteiger partial charge in [0.25, 0.3) is 0 Å². The van der Waals surface area contributed by atoms with Crippen molar-refractivity contribution in [2.24, 2.45) is 5.41 Å². The number of phenolic OH excluding ortho intramolecular Hbond substituents is 1. The molecule has 1 aromatic heterocycles. The summed E-state index contributed by atoms with van der Waals surface area (Å²) < 4.78 is 19.6. The minimum absolute atomic E-state index is 0.0166. The van der Waals surface area contributed by atoms with Gasteiger partial charge in [0.15, 0.2) is 5.82 Å². The van der Waals surface area contributed by atoms with Gasteiger partial charge in [0.1, 0.15) is 17.4 Å². The Labute approximate surface area is 186 Å². The van der Waals surface area contributed by atoms with E-state index in [0.717, 1.165) is 6.42 Å². The Hall–Kier alpha value is -2.81. The average Bonchev–Trinajstić information content (AvgIpc) is 3.19. The molecular weight excluding hydrogens is 411 g/mol. The van der Waals surface area contributed by atoms with Gasteiger partial charge in [-0.1, -0.05) is 32.9 Å². The van der Waals surface area contributed by atoms with Gasteiger partial charge in [0.2, 0.25) is 6.41 Å². The number of rotatable bonds is 6. The Morgan fingerprint density at radius 3 is 2.75 bits per heavy atom. The number of phenols is 1. The summed E-state index contributed by atoms with van der Waals surface area (Å²) in [6, 6.07) is 11.3. The molecule has 0 spiro atoms. The fourth-order valence-electron chi connectivity index (χ4n) is 3.78. The number of benzene rings is 2. The van der Waals surface area contributed by atoms with Gasteiger partial charge < -0.3 is 19.8 Å². The van der Waals surface area contributed by atoms with E-state index >= 15 is 0 Å². The quantitative estimate of drug-likeness (QED) is 0.504. The molecule has 0 saturated carbocycles. The normalized spacial score (nSPS) is 17.8.